The molecule has 1 atom stereocenters. The number of nitrogens with zero attached hydrogens (tertiary/aromatic N) is 1. The van der Waals surface area contributed by atoms with Crippen molar-refractivity contribution in [3.63, 3.8) is 0 Å². The van der Waals surface area contributed by atoms with Gasteiger partial charge in [0.2, 0.25) is 15.9 Å². The van der Waals surface area contributed by atoms with E-state index in [9.17, 15) is 13.2 Å². The number of rotatable bonds is 6. The molecule has 0 saturated heterocycles. The van der Waals surface area contributed by atoms with E-state index in [-0.39, 0.29) is 18.5 Å². The van der Waals surface area contributed by atoms with Gasteiger partial charge in [-0.25, -0.2) is 8.42 Å². The number of sulfonamides is 1. The topological polar surface area (TPSA) is 66.5 Å². The fourth-order valence-corrected chi connectivity index (χ4v) is 3.66. The first kappa shape index (κ1) is 20.3. The zero-order valence-corrected chi connectivity index (χ0v) is 16.9. The predicted octanol–water partition coefficient (Wildman–Crippen LogP) is 3.60. The molecule has 0 spiro atoms. The summed E-state index contributed by atoms with van der Waals surface area (Å²) in [7, 11) is -3.64. The molecular formula is C19H23ClN2O3S. The molecule has 2 aromatic carbocycles. The Hall–Kier alpha value is -2.05. The minimum absolute atomic E-state index is 0.232. The first-order valence-corrected chi connectivity index (χ1v) is 10.4. The second-order valence-corrected chi connectivity index (χ2v) is 8.74. The van der Waals surface area contributed by atoms with E-state index in [1.807, 2.05) is 38.1 Å². The minimum Gasteiger partial charge on any atom is -0.348 e. The van der Waals surface area contributed by atoms with E-state index in [0.717, 1.165) is 27.3 Å². The molecule has 7 heteroatoms. The molecule has 0 fully saturated rings. The van der Waals surface area contributed by atoms with Gasteiger partial charge in [-0.1, -0.05) is 47.5 Å². The van der Waals surface area contributed by atoms with Gasteiger partial charge in [0.1, 0.15) is 6.54 Å². The maximum absolute atomic E-state index is 12.5. The Morgan fingerprint density at radius 3 is 2.35 bits per heavy atom. The Balaban J connectivity index is 2.19. The minimum atomic E-state index is -3.64. The average Bonchev–Trinajstić information content (AvgIpc) is 2.54. The van der Waals surface area contributed by atoms with Crippen LogP contribution in [0.25, 0.3) is 0 Å². The largest absolute Gasteiger partial charge is 0.348 e. The lowest BCUT2D eigenvalue weighted by molar-refractivity contribution is -0.120. The molecule has 26 heavy (non-hydrogen) atoms. The van der Waals surface area contributed by atoms with Gasteiger partial charge in [0.25, 0.3) is 0 Å². The first-order chi connectivity index (χ1) is 12.1. The molecule has 0 unspecified atom stereocenters. The Morgan fingerprint density at radius 2 is 1.77 bits per heavy atom. The van der Waals surface area contributed by atoms with Crippen LogP contribution in [-0.2, 0) is 14.8 Å². The maximum atomic E-state index is 12.5. The number of nitrogens with one attached hydrogen (secondary N) is 1. The molecule has 0 bridgehead atoms. The summed E-state index contributed by atoms with van der Waals surface area (Å²) in [5, 5.41) is 3.25. The summed E-state index contributed by atoms with van der Waals surface area (Å²) in [5.41, 5.74) is 3.21. The van der Waals surface area contributed by atoms with Crippen molar-refractivity contribution in [2.45, 2.75) is 26.8 Å². The van der Waals surface area contributed by atoms with E-state index in [4.69, 9.17) is 11.6 Å². The number of benzene rings is 2. The lowest BCUT2D eigenvalue weighted by Crippen LogP contribution is -2.41. The van der Waals surface area contributed by atoms with E-state index in [1.54, 1.807) is 25.1 Å². The summed E-state index contributed by atoms with van der Waals surface area (Å²) in [5.74, 6) is -0.386. The molecule has 0 aliphatic carbocycles. The summed E-state index contributed by atoms with van der Waals surface area (Å²) in [6.45, 7) is 5.31. The van der Waals surface area contributed by atoms with Crippen LogP contribution in [0.2, 0.25) is 5.02 Å². The van der Waals surface area contributed by atoms with E-state index < -0.39 is 10.0 Å². The van der Waals surface area contributed by atoms with Crippen molar-refractivity contribution in [1.29, 1.82) is 0 Å². The quantitative estimate of drug-likeness (QED) is 0.813. The number of hydrogen-bond acceptors (Lipinski definition) is 3. The van der Waals surface area contributed by atoms with Gasteiger partial charge in [-0.05, 0) is 44.0 Å². The molecule has 5 nitrogen and oxygen atoms in total. The molecule has 0 radical (unpaired) electrons. The van der Waals surface area contributed by atoms with E-state index >= 15 is 0 Å². The van der Waals surface area contributed by atoms with E-state index in [0.29, 0.717) is 10.7 Å². The molecule has 0 heterocycles. The van der Waals surface area contributed by atoms with Crippen LogP contribution >= 0.6 is 11.6 Å². The van der Waals surface area contributed by atoms with Gasteiger partial charge in [0.15, 0.2) is 0 Å². The molecule has 0 aromatic heterocycles. The summed E-state index contributed by atoms with van der Waals surface area (Å²) >= 11 is 6.00. The zero-order chi connectivity index (χ0) is 19.5. The maximum Gasteiger partial charge on any atom is 0.241 e. The van der Waals surface area contributed by atoms with Crippen molar-refractivity contribution < 1.29 is 13.2 Å². The highest BCUT2D eigenvalue weighted by Gasteiger charge is 2.23. The van der Waals surface area contributed by atoms with Crippen LogP contribution in [-0.4, -0.2) is 27.1 Å². The monoisotopic (exact) mass is 394 g/mol. The number of carbonyl (C=O) groups is 1. The van der Waals surface area contributed by atoms with Crippen LogP contribution in [0.1, 0.15) is 29.7 Å². The Labute approximate surface area is 160 Å². The van der Waals surface area contributed by atoms with Gasteiger partial charge >= 0.3 is 0 Å². The van der Waals surface area contributed by atoms with E-state index in [1.165, 1.54) is 0 Å². The first-order valence-electron chi connectivity index (χ1n) is 8.17. The van der Waals surface area contributed by atoms with Crippen LogP contribution in [0, 0.1) is 13.8 Å². The molecule has 0 aliphatic heterocycles. The van der Waals surface area contributed by atoms with Crippen molar-refractivity contribution in [3.8, 4) is 0 Å². The fourth-order valence-electron chi connectivity index (χ4n) is 2.59. The highest BCUT2D eigenvalue weighted by atomic mass is 35.5. The summed E-state index contributed by atoms with van der Waals surface area (Å²) < 4.78 is 25.5. The smallest absolute Gasteiger partial charge is 0.241 e. The molecule has 2 aromatic rings. The fraction of sp³-hybridized carbons (Fsp3) is 0.316. The van der Waals surface area contributed by atoms with Crippen LogP contribution in [0.4, 0.5) is 5.69 Å². The molecule has 1 amide bonds. The highest BCUT2D eigenvalue weighted by Crippen LogP contribution is 2.26. The number of halogens is 1. The van der Waals surface area contributed by atoms with Crippen molar-refractivity contribution in [2.75, 3.05) is 17.1 Å². The van der Waals surface area contributed by atoms with Gasteiger partial charge in [-0.2, -0.15) is 0 Å². The molecular weight excluding hydrogens is 372 g/mol. The van der Waals surface area contributed by atoms with Gasteiger partial charge in [0.05, 0.1) is 18.0 Å². The molecule has 140 valence electrons. The Morgan fingerprint density at radius 1 is 1.15 bits per heavy atom. The second kappa shape index (κ2) is 8.10. The lowest BCUT2D eigenvalue weighted by Gasteiger charge is -2.25. The van der Waals surface area contributed by atoms with E-state index in [2.05, 4.69) is 5.32 Å². The van der Waals surface area contributed by atoms with Crippen LogP contribution in [0.15, 0.2) is 42.5 Å². The van der Waals surface area contributed by atoms with Crippen molar-refractivity contribution in [1.82, 2.24) is 5.32 Å². The third kappa shape index (κ3) is 5.22. The highest BCUT2D eigenvalue weighted by molar-refractivity contribution is 7.92. The number of amides is 1. The zero-order valence-electron chi connectivity index (χ0n) is 15.3. The number of anilines is 1. The predicted molar refractivity (Wildman–Crippen MR) is 106 cm³/mol. The van der Waals surface area contributed by atoms with Gasteiger partial charge in [-0.15, -0.1) is 0 Å². The SMILES string of the molecule is Cc1ccc([C@@H](C)NC(=O)CN(c2cc(Cl)ccc2C)S(C)(=O)=O)cc1. The summed E-state index contributed by atoms with van der Waals surface area (Å²) in [6, 6.07) is 12.5. The van der Waals surface area contributed by atoms with Crippen LogP contribution in [0.5, 0.6) is 0 Å². The van der Waals surface area contributed by atoms with Gasteiger partial charge < -0.3 is 5.32 Å². The van der Waals surface area contributed by atoms with Crippen molar-refractivity contribution in [3.05, 3.63) is 64.2 Å². The van der Waals surface area contributed by atoms with Crippen molar-refractivity contribution in [2.24, 2.45) is 0 Å². The molecule has 1 N–H and O–H groups in total. The summed E-state index contributed by atoms with van der Waals surface area (Å²) in [6.07, 6.45) is 1.07. The summed E-state index contributed by atoms with van der Waals surface area (Å²) in [4.78, 5) is 12.5. The van der Waals surface area contributed by atoms with Gasteiger partial charge in [-0.3, -0.25) is 9.10 Å². The third-order valence-electron chi connectivity index (χ3n) is 4.08. The number of carbonyl (C=O) groups excluding carboxylic acids is 1. The van der Waals surface area contributed by atoms with Crippen LogP contribution < -0.4 is 9.62 Å². The molecule has 0 saturated carbocycles. The average molecular weight is 395 g/mol. The lowest BCUT2D eigenvalue weighted by atomic mass is 10.1. The van der Waals surface area contributed by atoms with Crippen molar-refractivity contribution >= 4 is 33.2 Å². The molecule has 0 aliphatic rings. The van der Waals surface area contributed by atoms with Crippen LogP contribution in [0.3, 0.4) is 0 Å². The molecule has 2 rings (SSSR count). The Bertz CT molecular complexity index is 896. The number of aryl methyl sites for hydroxylation is 2. The Kier molecular flexibility index (Phi) is 6.31. The van der Waals surface area contributed by atoms with Gasteiger partial charge in [0, 0.05) is 5.02 Å². The second-order valence-electron chi connectivity index (χ2n) is 6.40. The number of hydrogen-bond donors (Lipinski definition) is 1. The standard InChI is InChI=1S/C19H23ClN2O3S/c1-13-5-8-16(9-6-13)15(3)21-19(23)12-22(26(4,24)25)18-11-17(20)10-7-14(18)2/h5-11,15H,12H2,1-4H3,(H,21,23)/t15-/m1/s1. The normalized spacial score (nSPS) is 12.5. The third-order valence-corrected chi connectivity index (χ3v) is 5.44.